The van der Waals surface area contributed by atoms with Crippen LogP contribution in [0.5, 0.6) is 5.75 Å². The summed E-state index contributed by atoms with van der Waals surface area (Å²) in [4.78, 5) is 34.0. The first-order chi connectivity index (χ1) is 18.1. The fourth-order valence-corrected chi connectivity index (χ4v) is 5.98. The molecule has 1 aliphatic carbocycles. The topological polar surface area (TPSA) is 100 Å². The number of amides is 2. The Bertz CT molecular complexity index is 1510. The lowest BCUT2D eigenvalue weighted by atomic mass is 9.88. The van der Waals surface area contributed by atoms with Crippen molar-refractivity contribution in [1.29, 1.82) is 0 Å². The maximum Gasteiger partial charge on any atom is 0.387 e. The van der Waals surface area contributed by atoms with Crippen LogP contribution >= 0.6 is 0 Å². The highest BCUT2D eigenvalue weighted by Crippen LogP contribution is 2.53. The van der Waals surface area contributed by atoms with Crippen LogP contribution in [0.1, 0.15) is 71.5 Å². The second kappa shape index (κ2) is 8.59. The molecule has 0 spiro atoms. The van der Waals surface area contributed by atoms with Gasteiger partial charge in [-0.1, -0.05) is 6.07 Å². The van der Waals surface area contributed by atoms with Crippen molar-refractivity contribution < 1.29 is 28.2 Å². The zero-order valence-electron chi connectivity index (χ0n) is 21.2. The van der Waals surface area contributed by atoms with Crippen molar-refractivity contribution in [3.63, 3.8) is 0 Å². The monoisotopic (exact) mass is 523 g/mol. The zero-order valence-corrected chi connectivity index (χ0v) is 21.2. The van der Waals surface area contributed by atoms with Crippen LogP contribution in [0, 0.1) is 0 Å². The molecule has 198 valence electrons. The lowest BCUT2D eigenvalue weighted by molar-refractivity contribution is -0.133. The van der Waals surface area contributed by atoms with Crippen molar-refractivity contribution in [2.75, 3.05) is 20.2 Å². The first kappa shape index (κ1) is 24.5. The largest absolute Gasteiger partial charge is 0.434 e. The Morgan fingerprint density at radius 1 is 1.24 bits per heavy atom. The van der Waals surface area contributed by atoms with Gasteiger partial charge in [0.2, 0.25) is 5.91 Å². The number of hydrogen-bond donors (Lipinski definition) is 1. The van der Waals surface area contributed by atoms with Gasteiger partial charge in [-0.05, 0) is 50.5 Å². The molecule has 0 saturated heterocycles. The molecular formula is C27H27F2N5O4. The van der Waals surface area contributed by atoms with E-state index in [2.05, 4.69) is 4.98 Å². The summed E-state index contributed by atoms with van der Waals surface area (Å²) in [6.45, 7) is 0.903. The number of nitrogens with zero attached hydrogens (tertiary/aromatic N) is 5. The van der Waals surface area contributed by atoms with Crippen LogP contribution in [-0.4, -0.2) is 73.7 Å². The second-order valence-corrected chi connectivity index (χ2v) is 10.6. The Hall–Kier alpha value is -3.86. The number of halogens is 2. The van der Waals surface area contributed by atoms with Gasteiger partial charge in [0.15, 0.2) is 0 Å². The van der Waals surface area contributed by atoms with Gasteiger partial charge in [0.05, 0.1) is 35.1 Å². The first-order valence-electron chi connectivity index (χ1n) is 12.5. The summed E-state index contributed by atoms with van der Waals surface area (Å²) in [6, 6.07) is 6.19. The van der Waals surface area contributed by atoms with Crippen LogP contribution in [0.4, 0.5) is 8.78 Å². The smallest absolute Gasteiger partial charge is 0.387 e. The number of benzene rings is 1. The molecule has 6 rings (SSSR count). The summed E-state index contributed by atoms with van der Waals surface area (Å²) in [7, 11) is 1.70. The van der Waals surface area contributed by atoms with Gasteiger partial charge in [-0.15, -0.1) is 0 Å². The Morgan fingerprint density at radius 2 is 2.03 bits per heavy atom. The van der Waals surface area contributed by atoms with E-state index >= 15 is 0 Å². The molecular weight excluding hydrogens is 496 g/mol. The van der Waals surface area contributed by atoms with Gasteiger partial charge in [0.1, 0.15) is 12.1 Å². The standard InChI is InChI=1S/C27H27F2N5O4/c1-27(2,12-35)33-8-7-14(9-21(33)36)17-11-18-23-16-10-19(24(23)31-34(18)13-30-17)32(3)25(37)15-5-4-6-20(22(15)16)38-26(28)29/h4-6,9,11,13,16,19,26,35H,7-8,10,12H2,1-3H3. The van der Waals surface area contributed by atoms with Crippen molar-refractivity contribution >= 4 is 22.9 Å². The summed E-state index contributed by atoms with van der Waals surface area (Å²) in [5.74, 6) is -0.862. The van der Waals surface area contributed by atoms with E-state index in [0.717, 1.165) is 16.7 Å². The SMILES string of the molecule is CN1C(=O)c2cccc(OC(F)F)c2C2CC1c1nn3cnc(C4=CC(=O)N(C(C)(C)CO)CC4)cc3c12. The molecule has 38 heavy (non-hydrogen) atoms. The molecule has 0 fully saturated rings. The van der Waals surface area contributed by atoms with Gasteiger partial charge in [0.25, 0.3) is 5.91 Å². The number of carbonyl (C=O) groups is 2. The lowest BCUT2D eigenvalue weighted by Crippen LogP contribution is -2.51. The maximum absolute atomic E-state index is 13.3. The highest BCUT2D eigenvalue weighted by molar-refractivity contribution is 5.99. The number of carbonyl (C=O) groups excluding carboxylic acids is 2. The zero-order chi connectivity index (χ0) is 26.9. The van der Waals surface area contributed by atoms with Crippen LogP contribution in [0.2, 0.25) is 0 Å². The molecule has 2 bridgehead atoms. The quantitative estimate of drug-likeness (QED) is 0.551. The van der Waals surface area contributed by atoms with E-state index in [9.17, 15) is 23.5 Å². The van der Waals surface area contributed by atoms with Gasteiger partial charge in [0, 0.05) is 42.3 Å². The molecule has 2 unspecified atom stereocenters. The van der Waals surface area contributed by atoms with E-state index in [0.29, 0.717) is 41.9 Å². The van der Waals surface area contributed by atoms with Crippen LogP contribution in [0.15, 0.2) is 36.7 Å². The molecule has 1 aromatic carbocycles. The predicted octanol–water partition coefficient (Wildman–Crippen LogP) is 3.38. The summed E-state index contributed by atoms with van der Waals surface area (Å²) >= 11 is 0. The summed E-state index contributed by atoms with van der Waals surface area (Å²) < 4.78 is 33.1. The molecule has 4 heterocycles. The highest BCUT2D eigenvalue weighted by Gasteiger charge is 2.46. The summed E-state index contributed by atoms with van der Waals surface area (Å²) in [5.41, 5.74) is 3.78. The van der Waals surface area contributed by atoms with E-state index in [4.69, 9.17) is 9.84 Å². The van der Waals surface area contributed by atoms with Gasteiger partial charge in [-0.25, -0.2) is 9.50 Å². The van der Waals surface area contributed by atoms with E-state index in [1.807, 2.05) is 19.9 Å². The predicted molar refractivity (Wildman–Crippen MR) is 133 cm³/mol. The van der Waals surface area contributed by atoms with Crippen LogP contribution < -0.4 is 4.74 Å². The Morgan fingerprint density at radius 3 is 2.74 bits per heavy atom. The number of aliphatic hydroxyl groups excluding tert-OH is 1. The number of hydrogen-bond acceptors (Lipinski definition) is 6. The number of alkyl halides is 2. The van der Waals surface area contributed by atoms with Crippen LogP contribution in [0.25, 0.3) is 11.1 Å². The average Bonchev–Trinajstić information content (AvgIpc) is 3.41. The molecule has 0 radical (unpaired) electrons. The molecule has 3 aliphatic rings. The second-order valence-electron chi connectivity index (χ2n) is 10.6. The van der Waals surface area contributed by atoms with E-state index < -0.39 is 12.2 Å². The summed E-state index contributed by atoms with van der Waals surface area (Å²) in [5, 5.41) is 14.4. The first-order valence-corrected chi connectivity index (χ1v) is 12.5. The van der Waals surface area contributed by atoms with Crippen LogP contribution in [-0.2, 0) is 4.79 Å². The summed E-state index contributed by atoms with van der Waals surface area (Å²) in [6.07, 6.45) is 4.19. The minimum absolute atomic E-state index is 0.0152. The molecule has 1 N–H and O–H groups in total. The number of rotatable bonds is 5. The molecule has 2 aliphatic heterocycles. The number of ether oxygens (including phenoxy) is 1. The minimum Gasteiger partial charge on any atom is -0.434 e. The van der Waals surface area contributed by atoms with E-state index in [1.54, 1.807) is 45.9 Å². The third-order valence-corrected chi connectivity index (χ3v) is 7.98. The molecule has 11 heteroatoms. The molecule has 3 aromatic rings. The minimum atomic E-state index is -3.03. The van der Waals surface area contributed by atoms with Gasteiger partial charge >= 0.3 is 6.61 Å². The van der Waals surface area contributed by atoms with E-state index in [-0.39, 0.29) is 36.1 Å². The van der Waals surface area contributed by atoms with Crippen molar-refractivity contribution in [3.8, 4) is 5.75 Å². The average molecular weight is 524 g/mol. The number of aromatic nitrogens is 3. The molecule has 9 nitrogen and oxygen atoms in total. The van der Waals surface area contributed by atoms with Gasteiger partial charge in [-0.3, -0.25) is 9.59 Å². The van der Waals surface area contributed by atoms with E-state index in [1.165, 1.54) is 6.07 Å². The Balaban J connectivity index is 1.47. The Labute approximate surface area is 217 Å². The molecule has 0 saturated carbocycles. The molecule has 2 amide bonds. The highest BCUT2D eigenvalue weighted by atomic mass is 19.3. The molecule has 2 atom stereocenters. The molecule has 2 aromatic heterocycles. The normalized spacial score (nSPS) is 21.1. The number of fused-ring (bicyclic) bond motifs is 9. The Kier molecular flexibility index (Phi) is 5.53. The third-order valence-electron chi connectivity index (χ3n) is 7.98. The van der Waals surface area contributed by atoms with Crippen LogP contribution in [0.3, 0.4) is 0 Å². The fourth-order valence-electron chi connectivity index (χ4n) is 5.98. The fraction of sp³-hybridized carbons (Fsp3) is 0.407. The van der Waals surface area contributed by atoms with Crippen molar-refractivity contribution in [2.45, 2.75) is 50.8 Å². The van der Waals surface area contributed by atoms with Gasteiger partial charge in [-0.2, -0.15) is 13.9 Å². The lowest BCUT2D eigenvalue weighted by Gasteiger charge is -2.39. The van der Waals surface area contributed by atoms with Gasteiger partial charge < -0.3 is 19.6 Å². The van der Waals surface area contributed by atoms with Crippen molar-refractivity contribution in [2.24, 2.45) is 0 Å². The van der Waals surface area contributed by atoms with Crippen molar-refractivity contribution in [3.05, 3.63) is 64.7 Å². The third kappa shape index (κ3) is 3.59. The van der Waals surface area contributed by atoms with Crippen molar-refractivity contribution in [1.82, 2.24) is 24.4 Å². The maximum atomic E-state index is 13.3. The number of aliphatic hydroxyl groups is 1.